The number of halogens is 3. The number of nitrogens with one attached hydrogen (secondary N) is 1. The second-order valence-electron chi connectivity index (χ2n) is 8.34. The Hall–Kier alpha value is -4.34. The van der Waals surface area contributed by atoms with Crippen molar-refractivity contribution in [3.8, 4) is 11.5 Å². The first kappa shape index (κ1) is 23.4. The minimum absolute atomic E-state index is 0.0559. The maximum atomic E-state index is 13.0. The monoisotopic (exact) mass is 494 g/mol. The molecule has 7 nitrogen and oxygen atoms in total. The number of nitrogens with zero attached hydrogens (tertiary/aromatic N) is 3. The van der Waals surface area contributed by atoms with E-state index in [0.29, 0.717) is 54.3 Å². The van der Waals surface area contributed by atoms with Gasteiger partial charge in [0.25, 0.3) is 11.5 Å². The number of ether oxygens (including phenoxy) is 1. The second-order valence-corrected chi connectivity index (χ2v) is 8.34. The van der Waals surface area contributed by atoms with Crippen molar-refractivity contribution >= 4 is 22.8 Å². The van der Waals surface area contributed by atoms with Crippen LogP contribution in [0.15, 0.2) is 77.6 Å². The van der Waals surface area contributed by atoms with Crippen LogP contribution in [0.3, 0.4) is 0 Å². The van der Waals surface area contributed by atoms with Gasteiger partial charge in [-0.05, 0) is 54.6 Å². The molecule has 184 valence electrons. The van der Waals surface area contributed by atoms with Gasteiger partial charge in [-0.2, -0.15) is 13.2 Å². The van der Waals surface area contributed by atoms with Gasteiger partial charge in [-0.25, -0.2) is 4.98 Å². The van der Waals surface area contributed by atoms with E-state index < -0.39 is 11.7 Å². The molecular weight excluding hydrogens is 473 g/mol. The first-order valence-electron chi connectivity index (χ1n) is 11.3. The lowest BCUT2D eigenvalue weighted by molar-refractivity contribution is -0.137. The fourth-order valence-electron chi connectivity index (χ4n) is 4.07. The van der Waals surface area contributed by atoms with Crippen LogP contribution in [0.25, 0.3) is 10.9 Å². The average molecular weight is 494 g/mol. The minimum atomic E-state index is -4.46. The van der Waals surface area contributed by atoms with Crippen molar-refractivity contribution in [2.45, 2.75) is 6.18 Å². The summed E-state index contributed by atoms with van der Waals surface area (Å²) in [5, 5.41) is 0.524. The highest BCUT2D eigenvalue weighted by molar-refractivity contribution is 5.94. The summed E-state index contributed by atoms with van der Waals surface area (Å²) >= 11 is 0. The van der Waals surface area contributed by atoms with Crippen LogP contribution in [-0.4, -0.2) is 47.0 Å². The number of alkyl halides is 3. The SMILES string of the molecule is O=C(c1ccc(Oc2cccc(C(F)(F)F)c2)cc1)N1CCN(c2nc3ccccc3c(=O)[nH]2)CC1. The van der Waals surface area contributed by atoms with Crippen LogP contribution in [0.4, 0.5) is 19.1 Å². The first-order valence-corrected chi connectivity index (χ1v) is 11.3. The van der Waals surface area contributed by atoms with E-state index in [1.807, 2.05) is 11.0 Å². The van der Waals surface area contributed by atoms with Crippen molar-refractivity contribution in [2.24, 2.45) is 0 Å². The lowest BCUT2D eigenvalue weighted by atomic mass is 10.1. The molecule has 1 fully saturated rings. The van der Waals surface area contributed by atoms with Gasteiger partial charge in [0, 0.05) is 31.7 Å². The molecule has 2 heterocycles. The number of amides is 1. The Kier molecular flexibility index (Phi) is 6.09. The van der Waals surface area contributed by atoms with Crippen LogP contribution >= 0.6 is 0 Å². The van der Waals surface area contributed by atoms with Gasteiger partial charge in [0.15, 0.2) is 0 Å². The van der Waals surface area contributed by atoms with Crippen LogP contribution in [0.1, 0.15) is 15.9 Å². The van der Waals surface area contributed by atoms with Gasteiger partial charge in [-0.3, -0.25) is 14.6 Å². The summed E-state index contributed by atoms with van der Waals surface area (Å²) in [6.45, 7) is 1.89. The molecule has 0 unspecified atom stereocenters. The molecule has 36 heavy (non-hydrogen) atoms. The quantitative estimate of drug-likeness (QED) is 0.445. The van der Waals surface area contributed by atoms with Crippen molar-refractivity contribution in [1.82, 2.24) is 14.9 Å². The molecule has 0 radical (unpaired) electrons. The molecule has 1 saturated heterocycles. The summed E-state index contributed by atoms with van der Waals surface area (Å²) in [6, 6.07) is 18.0. The van der Waals surface area contributed by atoms with Crippen molar-refractivity contribution in [2.75, 3.05) is 31.1 Å². The highest BCUT2D eigenvalue weighted by atomic mass is 19.4. The largest absolute Gasteiger partial charge is 0.457 e. The number of hydrogen-bond donors (Lipinski definition) is 1. The molecule has 1 amide bonds. The number of rotatable bonds is 4. The van der Waals surface area contributed by atoms with E-state index in [-0.39, 0.29) is 17.2 Å². The van der Waals surface area contributed by atoms with E-state index in [1.54, 1.807) is 47.4 Å². The number of benzene rings is 3. The van der Waals surface area contributed by atoms with Gasteiger partial charge in [0.2, 0.25) is 5.95 Å². The zero-order chi connectivity index (χ0) is 25.3. The fraction of sp³-hybridized carbons (Fsp3) is 0.192. The van der Waals surface area contributed by atoms with E-state index in [9.17, 15) is 22.8 Å². The molecule has 5 rings (SSSR count). The topological polar surface area (TPSA) is 78.5 Å². The van der Waals surface area contributed by atoms with Gasteiger partial charge in [-0.1, -0.05) is 18.2 Å². The van der Waals surface area contributed by atoms with E-state index in [4.69, 9.17) is 4.74 Å². The fourth-order valence-corrected chi connectivity index (χ4v) is 4.07. The Morgan fingerprint density at radius 1 is 0.889 bits per heavy atom. The van der Waals surface area contributed by atoms with Crippen molar-refractivity contribution in [1.29, 1.82) is 0 Å². The van der Waals surface area contributed by atoms with Crippen molar-refractivity contribution < 1.29 is 22.7 Å². The minimum Gasteiger partial charge on any atom is -0.457 e. The number of H-pyrrole nitrogens is 1. The molecule has 0 saturated carbocycles. The number of piperazine rings is 1. The number of fused-ring (bicyclic) bond motifs is 1. The van der Waals surface area contributed by atoms with Crippen LogP contribution < -0.4 is 15.2 Å². The van der Waals surface area contributed by atoms with Crippen molar-refractivity contribution in [3.05, 3.63) is 94.3 Å². The number of carbonyl (C=O) groups is 1. The molecule has 1 N–H and O–H groups in total. The number of para-hydroxylation sites is 1. The third kappa shape index (κ3) is 4.88. The maximum absolute atomic E-state index is 13.0. The summed E-state index contributed by atoms with van der Waals surface area (Å²) in [5.74, 6) is 0.685. The Morgan fingerprint density at radius 2 is 1.61 bits per heavy atom. The van der Waals surface area contributed by atoms with Crippen LogP contribution in [0.5, 0.6) is 11.5 Å². The standard InChI is InChI=1S/C26H21F3N4O3/c27-26(28,29)18-4-3-5-20(16-18)36-19-10-8-17(9-11-19)24(35)32-12-14-33(15-13-32)25-30-22-7-2-1-6-21(22)23(34)31-25/h1-11,16H,12-15H2,(H,30,31,34). The lowest BCUT2D eigenvalue weighted by Crippen LogP contribution is -2.49. The molecular formula is C26H21F3N4O3. The zero-order valence-electron chi connectivity index (χ0n) is 19.0. The summed E-state index contributed by atoms with van der Waals surface area (Å²) in [7, 11) is 0. The van der Waals surface area contributed by atoms with Gasteiger partial charge < -0.3 is 14.5 Å². The molecule has 4 aromatic rings. The molecule has 10 heteroatoms. The van der Waals surface area contributed by atoms with Crippen molar-refractivity contribution in [3.63, 3.8) is 0 Å². The van der Waals surface area contributed by atoms with Gasteiger partial charge in [-0.15, -0.1) is 0 Å². The Labute approximate surface area is 203 Å². The summed E-state index contributed by atoms with van der Waals surface area (Å²) in [5.41, 5.74) is 0.0507. The van der Waals surface area contributed by atoms with Gasteiger partial charge >= 0.3 is 6.18 Å². The number of aromatic amines is 1. The normalized spacial score (nSPS) is 14.2. The molecule has 1 aromatic heterocycles. The number of carbonyl (C=O) groups excluding carboxylic acids is 1. The van der Waals surface area contributed by atoms with Crippen LogP contribution in [0, 0.1) is 0 Å². The van der Waals surface area contributed by atoms with Gasteiger partial charge in [0.05, 0.1) is 16.5 Å². The van der Waals surface area contributed by atoms with E-state index in [1.165, 1.54) is 12.1 Å². The molecule has 0 spiro atoms. The highest BCUT2D eigenvalue weighted by Gasteiger charge is 2.30. The molecule has 0 bridgehead atoms. The molecule has 0 aliphatic carbocycles. The first-order chi connectivity index (χ1) is 17.3. The smallest absolute Gasteiger partial charge is 0.416 e. The summed E-state index contributed by atoms with van der Waals surface area (Å²) in [4.78, 5) is 36.3. The second kappa shape index (κ2) is 9.37. The summed E-state index contributed by atoms with van der Waals surface area (Å²) < 4.78 is 44.2. The molecule has 3 aromatic carbocycles. The van der Waals surface area contributed by atoms with E-state index in [2.05, 4.69) is 9.97 Å². The summed E-state index contributed by atoms with van der Waals surface area (Å²) in [6.07, 6.45) is -4.46. The van der Waals surface area contributed by atoms with Crippen LogP contribution in [0.2, 0.25) is 0 Å². The third-order valence-corrected chi connectivity index (χ3v) is 5.97. The predicted molar refractivity (Wildman–Crippen MR) is 128 cm³/mol. The Morgan fingerprint density at radius 3 is 2.33 bits per heavy atom. The average Bonchev–Trinajstić information content (AvgIpc) is 2.88. The van der Waals surface area contributed by atoms with E-state index >= 15 is 0 Å². The van der Waals surface area contributed by atoms with Crippen LogP contribution in [-0.2, 0) is 6.18 Å². The number of aromatic nitrogens is 2. The molecule has 0 atom stereocenters. The predicted octanol–water partition coefficient (Wildman–Crippen LogP) is 4.70. The molecule has 1 aliphatic heterocycles. The van der Waals surface area contributed by atoms with E-state index in [0.717, 1.165) is 12.1 Å². The maximum Gasteiger partial charge on any atom is 0.416 e. The third-order valence-electron chi connectivity index (χ3n) is 5.97. The molecule has 1 aliphatic rings. The highest BCUT2D eigenvalue weighted by Crippen LogP contribution is 2.32. The lowest BCUT2D eigenvalue weighted by Gasteiger charge is -2.35. The number of anilines is 1. The zero-order valence-corrected chi connectivity index (χ0v) is 19.0. The Balaban J connectivity index is 1.22. The van der Waals surface area contributed by atoms with Gasteiger partial charge in [0.1, 0.15) is 11.5 Å². The Bertz CT molecular complexity index is 1460. The number of hydrogen-bond acceptors (Lipinski definition) is 5.